The molecule has 18 heavy (non-hydrogen) atoms. The van der Waals surface area contributed by atoms with Crippen molar-refractivity contribution >= 4 is 29.2 Å². The molecule has 2 rings (SSSR count). The molecular weight excluding hydrogens is 268 g/mol. The number of nitrogens with one attached hydrogen (secondary N) is 1. The number of nitrogens with zero attached hydrogens (tertiary/aromatic N) is 2. The topological polar surface area (TPSA) is 75.7 Å². The van der Waals surface area contributed by atoms with Crippen LogP contribution in [-0.2, 0) is 0 Å². The molecule has 0 atom stereocenters. The molecule has 0 unspecified atom stereocenters. The number of benzene rings is 1. The predicted molar refractivity (Wildman–Crippen MR) is 73.4 cm³/mol. The Hall–Kier alpha value is -1.59. The molecule has 0 saturated carbocycles. The van der Waals surface area contributed by atoms with E-state index in [0.717, 1.165) is 4.90 Å². The first kappa shape index (κ1) is 12.9. The number of nitrogen functional groups attached to an aromatic ring is 1. The number of nitrogens with two attached hydrogens (primary N) is 1. The van der Waals surface area contributed by atoms with E-state index in [4.69, 9.17) is 22.7 Å². The summed E-state index contributed by atoms with van der Waals surface area (Å²) in [6.45, 7) is 1.79. The van der Waals surface area contributed by atoms with E-state index in [2.05, 4.69) is 9.97 Å². The van der Waals surface area contributed by atoms with E-state index in [1.54, 1.807) is 13.1 Å². The van der Waals surface area contributed by atoms with E-state index in [9.17, 15) is 0 Å². The van der Waals surface area contributed by atoms with E-state index < -0.39 is 0 Å². The molecular formula is C12H11ClN4S. The van der Waals surface area contributed by atoms with Gasteiger partial charge in [0.2, 0.25) is 0 Å². The zero-order valence-electron chi connectivity index (χ0n) is 9.64. The lowest BCUT2D eigenvalue weighted by Crippen LogP contribution is -2.14. The Morgan fingerprint density at radius 1 is 1.39 bits per heavy atom. The molecule has 92 valence electrons. The van der Waals surface area contributed by atoms with Crippen molar-refractivity contribution in [1.82, 2.24) is 9.97 Å². The van der Waals surface area contributed by atoms with Crippen molar-refractivity contribution in [1.29, 1.82) is 5.41 Å². The van der Waals surface area contributed by atoms with Crippen molar-refractivity contribution in [2.24, 2.45) is 5.73 Å². The minimum Gasteiger partial charge on any atom is -0.384 e. The highest BCUT2D eigenvalue weighted by Crippen LogP contribution is 2.33. The van der Waals surface area contributed by atoms with Crippen molar-refractivity contribution in [2.75, 3.05) is 0 Å². The van der Waals surface area contributed by atoms with Crippen LogP contribution in [0, 0.1) is 12.3 Å². The number of aryl methyl sites for hydroxylation is 1. The Labute approximate surface area is 114 Å². The van der Waals surface area contributed by atoms with Crippen LogP contribution >= 0.6 is 23.4 Å². The molecule has 0 spiro atoms. The monoisotopic (exact) mass is 278 g/mol. The summed E-state index contributed by atoms with van der Waals surface area (Å²) in [5, 5.41) is 8.81. The lowest BCUT2D eigenvalue weighted by molar-refractivity contribution is 0.956. The summed E-state index contributed by atoms with van der Waals surface area (Å²) in [5.74, 6) is 0.583. The molecule has 1 heterocycles. The zero-order valence-corrected chi connectivity index (χ0v) is 11.2. The second-order valence-electron chi connectivity index (χ2n) is 3.58. The molecule has 1 aromatic carbocycles. The molecule has 0 bridgehead atoms. The fourth-order valence-corrected chi connectivity index (χ4v) is 2.57. The van der Waals surface area contributed by atoms with Crippen LogP contribution in [0.4, 0.5) is 0 Å². The summed E-state index contributed by atoms with van der Waals surface area (Å²) in [5.41, 5.74) is 6.03. The van der Waals surface area contributed by atoms with Gasteiger partial charge < -0.3 is 5.73 Å². The summed E-state index contributed by atoms with van der Waals surface area (Å²) >= 11 is 7.48. The third kappa shape index (κ3) is 2.80. The van der Waals surface area contributed by atoms with Crippen molar-refractivity contribution < 1.29 is 0 Å². The molecule has 0 radical (unpaired) electrons. The van der Waals surface area contributed by atoms with Gasteiger partial charge in [-0.15, -0.1) is 0 Å². The Bertz CT molecular complexity index is 600. The zero-order chi connectivity index (χ0) is 13.1. The van der Waals surface area contributed by atoms with Gasteiger partial charge in [0.15, 0.2) is 0 Å². The first-order chi connectivity index (χ1) is 8.58. The van der Waals surface area contributed by atoms with Gasteiger partial charge in [0.05, 0.1) is 10.6 Å². The van der Waals surface area contributed by atoms with Gasteiger partial charge in [-0.05, 0) is 19.1 Å². The van der Waals surface area contributed by atoms with Crippen LogP contribution in [0.2, 0.25) is 5.02 Å². The van der Waals surface area contributed by atoms with E-state index in [1.807, 2.05) is 24.3 Å². The fraction of sp³-hybridized carbons (Fsp3) is 0.0833. The standard InChI is InChI=1S/C12H11ClN4S/c1-7-16-6-8(11(14)15)12(17-7)18-10-5-3-2-4-9(10)13/h2-6H,1H3,(H3,14,15). The average Bonchev–Trinajstić information content (AvgIpc) is 2.32. The second kappa shape index (κ2) is 5.37. The molecule has 6 heteroatoms. The van der Waals surface area contributed by atoms with Gasteiger partial charge in [0.1, 0.15) is 16.7 Å². The van der Waals surface area contributed by atoms with Crippen molar-refractivity contribution in [3.8, 4) is 0 Å². The van der Waals surface area contributed by atoms with Crippen molar-refractivity contribution in [3.05, 3.63) is 46.9 Å². The third-order valence-electron chi connectivity index (χ3n) is 2.21. The van der Waals surface area contributed by atoms with Gasteiger partial charge in [-0.2, -0.15) is 0 Å². The lowest BCUT2D eigenvalue weighted by Gasteiger charge is -2.08. The molecule has 2 aromatic rings. The predicted octanol–water partition coefficient (Wildman–Crippen LogP) is 2.87. The summed E-state index contributed by atoms with van der Waals surface area (Å²) in [4.78, 5) is 9.22. The molecule has 0 amide bonds. The SMILES string of the molecule is Cc1ncc(C(=N)N)c(Sc2ccccc2Cl)n1. The molecule has 3 N–H and O–H groups in total. The first-order valence-electron chi connectivity index (χ1n) is 5.18. The highest BCUT2D eigenvalue weighted by Gasteiger charge is 2.11. The normalized spacial score (nSPS) is 10.3. The number of hydrogen-bond donors (Lipinski definition) is 2. The molecule has 0 aliphatic carbocycles. The minimum absolute atomic E-state index is 0.0513. The highest BCUT2D eigenvalue weighted by molar-refractivity contribution is 7.99. The fourth-order valence-electron chi connectivity index (χ4n) is 1.34. The van der Waals surface area contributed by atoms with Gasteiger partial charge >= 0.3 is 0 Å². The second-order valence-corrected chi connectivity index (χ2v) is 5.02. The van der Waals surface area contributed by atoms with Crippen molar-refractivity contribution in [3.63, 3.8) is 0 Å². The maximum atomic E-state index is 7.52. The minimum atomic E-state index is -0.0513. The quantitative estimate of drug-likeness (QED) is 0.514. The van der Waals surface area contributed by atoms with Gasteiger partial charge in [0, 0.05) is 11.1 Å². The van der Waals surface area contributed by atoms with E-state index >= 15 is 0 Å². The molecule has 0 fully saturated rings. The van der Waals surface area contributed by atoms with Crippen LogP contribution < -0.4 is 5.73 Å². The third-order valence-corrected chi connectivity index (χ3v) is 3.73. The molecule has 1 aromatic heterocycles. The van der Waals surface area contributed by atoms with Crippen LogP contribution in [-0.4, -0.2) is 15.8 Å². The smallest absolute Gasteiger partial charge is 0.127 e. The molecule has 0 aliphatic rings. The molecule has 4 nitrogen and oxygen atoms in total. The van der Waals surface area contributed by atoms with E-state index in [1.165, 1.54) is 11.8 Å². The number of halogens is 1. The summed E-state index contributed by atoms with van der Waals surface area (Å²) < 4.78 is 0. The van der Waals surface area contributed by atoms with Gasteiger partial charge in [-0.3, -0.25) is 5.41 Å². The van der Waals surface area contributed by atoms with Crippen molar-refractivity contribution in [2.45, 2.75) is 16.8 Å². The van der Waals surface area contributed by atoms with Gasteiger partial charge in [0.25, 0.3) is 0 Å². The Morgan fingerprint density at radius 3 is 2.78 bits per heavy atom. The number of rotatable bonds is 3. The van der Waals surface area contributed by atoms with Crippen LogP contribution in [0.15, 0.2) is 40.4 Å². The number of aromatic nitrogens is 2. The maximum Gasteiger partial charge on any atom is 0.127 e. The Morgan fingerprint density at radius 2 is 2.11 bits per heavy atom. The van der Waals surface area contributed by atoms with Crippen LogP contribution in [0.5, 0.6) is 0 Å². The molecule has 0 aliphatic heterocycles. The largest absolute Gasteiger partial charge is 0.384 e. The average molecular weight is 279 g/mol. The highest BCUT2D eigenvalue weighted by atomic mass is 35.5. The molecule has 0 saturated heterocycles. The van der Waals surface area contributed by atoms with Crippen LogP contribution in [0.1, 0.15) is 11.4 Å². The maximum absolute atomic E-state index is 7.52. The Kier molecular flexibility index (Phi) is 3.84. The number of hydrogen-bond acceptors (Lipinski definition) is 4. The van der Waals surface area contributed by atoms with E-state index in [-0.39, 0.29) is 5.84 Å². The Balaban J connectivity index is 2.42. The summed E-state index contributed by atoms with van der Waals surface area (Å²) in [6, 6.07) is 7.47. The van der Waals surface area contributed by atoms with Gasteiger partial charge in [-0.25, -0.2) is 9.97 Å². The summed E-state index contributed by atoms with van der Waals surface area (Å²) in [6.07, 6.45) is 1.56. The van der Waals surface area contributed by atoms with Crippen LogP contribution in [0.3, 0.4) is 0 Å². The van der Waals surface area contributed by atoms with Crippen LogP contribution in [0.25, 0.3) is 0 Å². The summed E-state index contributed by atoms with van der Waals surface area (Å²) in [7, 11) is 0. The lowest BCUT2D eigenvalue weighted by atomic mass is 10.3. The van der Waals surface area contributed by atoms with E-state index in [0.29, 0.717) is 21.4 Å². The van der Waals surface area contributed by atoms with Gasteiger partial charge in [-0.1, -0.05) is 35.5 Å². The first-order valence-corrected chi connectivity index (χ1v) is 6.38. The number of amidine groups is 1.